The van der Waals surface area contributed by atoms with Crippen molar-refractivity contribution in [2.75, 3.05) is 9.80 Å². The number of halogens is 2. The highest BCUT2D eigenvalue weighted by Crippen LogP contribution is 2.55. The quantitative estimate of drug-likeness (QED) is 0.0995. The lowest BCUT2D eigenvalue weighted by molar-refractivity contribution is 0.629. The van der Waals surface area contributed by atoms with Gasteiger partial charge in [0.2, 0.25) is 0 Å². The lowest BCUT2D eigenvalue weighted by Crippen LogP contribution is -2.15. The van der Waals surface area contributed by atoms with Crippen molar-refractivity contribution in [3.8, 4) is 44.5 Å². The first kappa shape index (κ1) is 44.6. The van der Waals surface area contributed by atoms with Gasteiger partial charge >= 0.3 is 0 Å². The standard InChI is InChI=1S/C70H48F2N2/c1-45-39-63(73(53-31-17-7-18-32-53)69-59(49-27-13-5-14-28-49)41-51(43-61(69)71)47-23-9-3-10-24-47)65-57-35-21-22-36-58(57)66-64(40-46(2)56-38-37-55(45)67(65)68(56)66)74(54-33-19-8-20-34-54)70-60(50-29-15-6-16-30-50)42-52(44-62(70)72)48-25-11-4-12-26-48/h3-44H,1-2H3. The van der Waals surface area contributed by atoms with E-state index >= 15 is 8.78 Å². The predicted octanol–water partition coefficient (Wildman–Crippen LogP) is 20.2. The van der Waals surface area contributed by atoms with Gasteiger partial charge in [-0.2, -0.15) is 0 Å². The van der Waals surface area contributed by atoms with E-state index < -0.39 is 0 Å². The van der Waals surface area contributed by atoms with Crippen molar-refractivity contribution in [1.29, 1.82) is 0 Å². The van der Waals surface area contributed by atoms with Crippen molar-refractivity contribution in [3.63, 3.8) is 0 Å². The van der Waals surface area contributed by atoms with Crippen molar-refractivity contribution in [2.45, 2.75) is 13.8 Å². The highest BCUT2D eigenvalue weighted by Gasteiger charge is 2.31. The SMILES string of the molecule is Cc1cc(N(c2ccccc2)c2c(F)cc(-c3ccccc3)cc2-c2ccccc2)c2c3ccccc3c3c(N(c4ccccc4)c4c(F)cc(-c5ccccc5)cc4-c4ccccc4)cc(C)c4ccc1c2c43. The highest BCUT2D eigenvalue weighted by atomic mass is 19.1. The minimum absolute atomic E-state index is 0.340. The van der Waals surface area contributed by atoms with Gasteiger partial charge in [-0.3, -0.25) is 0 Å². The third kappa shape index (κ3) is 7.45. The van der Waals surface area contributed by atoms with E-state index in [0.29, 0.717) is 11.4 Å². The molecule has 4 heteroatoms. The second-order valence-corrected chi connectivity index (χ2v) is 19.1. The molecular formula is C70H48F2N2. The number of para-hydroxylation sites is 2. The van der Waals surface area contributed by atoms with E-state index in [4.69, 9.17) is 0 Å². The molecule has 74 heavy (non-hydrogen) atoms. The van der Waals surface area contributed by atoms with Crippen LogP contribution in [-0.2, 0) is 0 Å². The average Bonchev–Trinajstić information content (AvgIpc) is 3.52. The van der Waals surface area contributed by atoms with Gasteiger partial charge in [0.1, 0.15) is 11.6 Å². The van der Waals surface area contributed by atoms with Gasteiger partial charge in [-0.05, 0) is 141 Å². The van der Waals surface area contributed by atoms with Gasteiger partial charge < -0.3 is 9.80 Å². The first-order valence-electron chi connectivity index (χ1n) is 25.1. The summed E-state index contributed by atoms with van der Waals surface area (Å²) in [5.41, 5.74) is 13.2. The fraction of sp³-hybridized carbons (Fsp3) is 0.0286. The van der Waals surface area contributed by atoms with Crippen molar-refractivity contribution < 1.29 is 8.78 Å². The Kier molecular flexibility index (Phi) is 11.0. The molecule has 0 aromatic heterocycles. The molecule has 0 aliphatic rings. The van der Waals surface area contributed by atoms with Gasteiger partial charge in [0.15, 0.2) is 0 Å². The summed E-state index contributed by atoms with van der Waals surface area (Å²) in [5, 5.41) is 8.31. The Morgan fingerprint density at radius 1 is 0.270 bits per heavy atom. The molecule has 13 aromatic carbocycles. The van der Waals surface area contributed by atoms with Crippen LogP contribution in [0.5, 0.6) is 0 Å². The molecular weight excluding hydrogens is 907 g/mol. The second kappa shape index (κ2) is 18.3. The molecule has 0 bridgehead atoms. The molecule has 0 spiro atoms. The number of nitrogens with zero attached hydrogens (tertiary/aromatic N) is 2. The van der Waals surface area contributed by atoms with Crippen molar-refractivity contribution in [1.82, 2.24) is 0 Å². The third-order valence-electron chi connectivity index (χ3n) is 14.7. The Hall–Kier alpha value is -9.38. The van der Waals surface area contributed by atoms with Crippen molar-refractivity contribution in [2.24, 2.45) is 0 Å². The highest BCUT2D eigenvalue weighted by molar-refractivity contribution is 6.39. The van der Waals surface area contributed by atoms with Gasteiger partial charge in [0.05, 0.1) is 22.7 Å². The lowest BCUT2D eigenvalue weighted by atomic mass is 9.84. The van der Waals surface area contributed by atoms with Gasteiger partial charge in [-0.15, -0.1) is 0 Å². The number of rotatable bonds is 10. The minimum Gasteiger partial charge on any atom is -0.306 e. The lowest BCUT2D eigenvalue weighted by Gasteiger charge is -2.33. The van der Waals surface area contributed by atoms with Crippen LogP contribution in [0, 0.1) is 25.5 Å². The smallest absolute Gasteiger partial charge is 0.148 e. The summed E-state index contributed by atoms with van der Waals surface area (Å²) in [7, 11) is 0. The zero-order valence-electron chi connectivity index (χ0n) is 40.9. The Morgan fingerprint density at radius 3 is 0.932 bits per heavy atom. The molecule has 0 unspecified atom stereocenters. The first-order chi connectivity index (χ1) is 36.4. The van der Waals surface area contributed by atoms with Crippen molar-refractivity contribution in [3.05, 3.63) is 278 Å². The van der Waals surface area contributed by atoms with Crippen LogP contribution in [0.4, 0.5) is 42.9 Å². The maximum Gasteiger partial charge on any atom is 0.148 e. The van der Waals surface area contributed by atoms with Crippen LogP contribution in [0.3, 0.4) is 0 Å². The zero-order valence-corrected chi connectivity index (χ0v) is 40.9. The topological polar surface area (TPSA) is 6.48 Å². The van der Waals surface area contributed by atoms with Crippen LogP contribution in [0.2, 0.25) is 0 Å². The van der Waals surface area contributed by atoms with E-state index in [1.165, 1.54) is 0 Å². The second-order valence-electron chi connectivity index (χ2n) is 19.1. The molecule has 0 aliphatic carbocycles. The maximum absolute atomic E-state index is 18.1. The van der Waals surface area contributed by atoms with Crippen LogP contribution < -0.4 is 9.80 Å². The molecule has 352 valence electrons. The molecule has 13 rings (SSSR count). The average molecular weight is 955 g/mol. The van der Waals surface area contributed by atoms with E-state index in [-0.39, 0.29) is 11.6 Å². The van der Waals surface area contributed by atoms with Crippen LogP contribution >= 0.6 is 0 Å². The molecule has 0 saturated heterocycles. The summed E-state index contributed by atoms with van der Waals surface area (Å²) >= 11 is 0. The Labute approximate surface area is 429 Å². The summed E-state index contributed by atoms with van der Waals surface area (Å²) in [4.78, 5) is 4.27. The van der Waals surface area contributed by atoms with E-state index in [1.54, 1.807) is 12.1 Å². The molecule has 0 saturated carbocycles. The zero-order chi connectivity index (χ0) is 49.9. The summed E-state index contributed by atoms with van der Waals surface area (Å²) in [6, 6.07) is 85.8. The minimum atomic E-state index is -0.340. The summed E-state index contributed by atoms with van der Waals surface area (Å²) in [6.07, 6.45) is 0. The van der Waals surface area contributed by atoms with E-state index in [0.717, 1.165) is 121 Å². The van der Waals surface area contributed by atoms with E-state index in [2.05, 4.69) is 133 Å². The molecule has 0 atom stereocenters. The van der Waals surface area contributed by atoms with Crippen molar-refractivity contribution >= 4 is 77.2 Å². The molecule has 0 aliphatic heterocycles. The molecule has 0 radical (unpaired) electrons. The van der Waals surface area contributed by atoms with Gasteiger partial charge in [0.25, 0.3) is 0 Å². The third-order valence-corrected chi connectivity index (χ3v) is 14.7. The molecule has 0 heterocycles. The fourth-order valence-electron chi connectivity index (χ4n) is 11.4. The number of anilines is 6. The Bertz CT molecular complexity index is 3930. The number of hydrogen-bond acceptors (Lipinski definition) is 2. The van der Waals surface area contributed by atoms with Gasteiger partial charge in [0, 0.05) is 44.0 Å². The normalized spacial score (nSPS) is 11.5. The summed E-state index contributed by atoms with van der Waals surface area (Å²) < 4.78 is 36.1. The monoisotopic (exact) mass is 954 g/mol. The van der Waals surface area contributed by atoms with Gasteiger partial charge in [-0.1, -0.05) is 194 Å². The number of benzene rings is 13. The Morgan fingerprint density at radius 2 is 0.581 bits per heavy atom. The number of fused-ring (bicyclic) bond motifs is 3. The summed E-state index contributed by atoms with van der Waals surface area (Å²) in [6.45, 7) is 4.32. The predicted molar refractivity (Wildman–Crippen MR) is 308 cm³/mol. The fourth-order valence-corrected chi connectivity index (χ4v) is 11.4. The number of hydrogen-bond donors (Lipinski definition) is 0. The molecule has 0 amide bonds. The first-order valence-corrected chi connectivity index (χ1v) is 25.1. The van der Waals surface area contributed by atoms with E-state index in [9.17, 15) is 0 Å². The number of aryl methyl sites for hydroxylation is 2. The molecule has 2 nitrogen and oxygen atoms in total. The van der Waals surface area contributed by atoms with Crippen LogP contribution in [0.25, 0.3) is 87.6 Å². The van der Waals surface area contributed by atoms with E-state index in [1.807, 2.05) is 133 Å². The van der Waals surface area contributed by atoms with Crippen LogP contribution in [0.15, 0.2) is 255 Å². The molecule has 13 aromatic rings. The van der Waals surface area contributed by atoms with Crippen LogP contribution in [-0.4, -0.2) is 0 Å². The molecule has 0 fully saturated rings. The van der Waals surface area contributed by atoms with Crippen LogP contribution in [0.1, 0.15) is 11.1 Å². The largest absolute Gasteiger partial charge is 0.306 e. The maximum atomic E-state index is 18.1. The van der Waals surface area contributed by atoms with Gasteiger partial charge in [-0.25, -0.2) is 8.78 Å². The summed E-state index contributed by atoms with van der Waals surface area (Å²) in [5.74, 6) is -0.680. The molecule has 0 N–H and O–H groups in total. The Balaban J connectivity index is 1.16.